The van der Waals surface area contributed by atoms with Crippen LogP contribution in [0.3, 0.4) is 0 Å². The zero-order chi connectivity index (χ0) is 23.6. The van der Waals surface area contributed by atoms with Crippen LogP contribution in [0.1, 0.15) is 0 Å². The zero-order valence-corrected chi connectivity index (χ0v) is 16.4. The van der Waals surface area contributed by atoms with E-state index in [-0.39, 0.29) is 39.3 Å². The summed E-state index contributed by atoms with van der Waals surface area (Å²) in [7, 11) is 0. The summed E-state index contributed by atoms with van der Waals surface area (Å²) in [6.45, 7) is 1.28. The van der Waals surface area contributed by atoms with E-state index in [2.05, 4.69) is 16.0 Å². The van der Waals surface area contributed by atoms with Crippen molar-refractivity contribution in [3.8, 4) is 0 Å². The van der Waals surface area contributed by atoms with Gasteiger partial charge in [-0.05, 0) is 0 Å². The van der Waals surface area contributed by atoms with E-state index in [0.717, 1.165) is 18.2 Å². The van der Waals surface area contributed by atoms with E-state index in [1.54, 1.807) is 4.90 Å². The van der Waals surface area contributed by atoms with Crippen molar-refractivity contribution in [3.05, 3.63) is 36.5 Å². The SMILES string of the molecule is O=C(O)/C=C\C(=O)NCCN(CCNC(=O)/C=C\C(=O)O)CCNC(=O)/C=C\C(=O)O. The fraction of sp³-hybridized carbons (Fsp3) is 0.333. The number of rotatable bonds is 15. The Hall–Kier alpha value is -4.00. The second-order valence-electron chi connectivity index (χ2n) is 5.73. The van der Waals surface area contributed by atoms with Crippen molar-refractivity contribution in [3.63, 3.8) is 0 Å². The molecular weight excluding hydrogens is 416 g/mol. The molecule has 0 fully saturated rings. The van der Waals surface area contributed by atoms with Gasteiger partial charge in [0.15, 0.2) is 0 Å². The minimum Gasteiger partial charge on any atom is -0.478 e. The predicted octanol–water partition coefficient (Wildman–Crippen LogP) is -2.44. The molecule has 0 saturated carbocycles. The van der Waals surface area contributed by atoms with Gasteiger partial charge >= 0.3 is 17.9 Å². The van der Waals surface area contributed by atoms with Gasteiger partial charge in [0.2, 0.25) is 17.7 Å². The van der Waals surface area contributed by atoms with Crippen LogP contribution in [-0.2, 0) is 28.8 Å². The van der Waals surface area contributed by atoms with Crippen LogP contribution in [0, 0.1) is 0 Å². The maximum atomic E-state index is 11.5. The van der Waals surface area contributed by atoms with Gasteiger partial charge in [-0.2, -0.15) is 0 Å². The van der Waals surface area contributed by atoms with Gasteiger partial charge in [-0.15, -0.1) is 0 Å². The third kappa shape index (κ3) is 17.8. The number of carboxylic acid groups (broad SMARTS) is 3. The molecule has 31 heavy (non-hydrogen) atoms. The third-order valence-electron chi connectivity index (χ3n) is 3.31. The minimum absolute atomic E-state index is 0.141. The first kappa shape index (κ1) is 27.0. The number of aliphatic carboxylic acids is 3. The molecule has 0 spiro atoms. The Labute approximate surface area is 177 Å². The largest absolute Gasteiger partial charge is 0.478 e. The molecule has 0 radical (unpaired) electrons. The van der Waals surface area contributed by atoms with E-state index < -0.39 is 35.6 Å². The van der Waals surface area contributed by atoms with E-state index in [9.17, 15) is 28.8 Å². The lowest BCUT2D eigenvalue weighted by Gasteiger charge is -2.22. The summed E-state index contributed by atoms with van der Waals surface area (Å²) in [4.78, 5) is 67.4. The highest BCUT2D eigenvalue weighted by Crippen LogP contribution is 1.88. The molecule has 0 rings (SSSR count). The highest BCUT2D eigenvalue weighted by atomic mass is 16.4. The summed E-state index contributed by atoms with van der Waals surface area (Å²) < 4.78 is 0. The molecule has 13 heteroatoms. The normalized spacial score (nSPS) is 11.1. The molecule has 3 amide bonds. The second kappa shape index (κ2) is 15.9. The standard InChI is InChI=1S/C18H24N4O9/c23-13(1-4-16(26)27)19-7-10-22(11-8-20-14(24)2-5-17(28)29)12-9-21-15(25)3-6-18(30)31/h1-6H,7-12H2,(H,19,23)(H,20,24)(H,21,25)(H,26,27)(H,28,29)(H,30,31)/b4-1-,5-2-,6-3-. The number of carboxylic acids is 3. The number of nitrogens with zero attached hydrogens (tertiary/aromatic N) is 1. The molecule has 0 aliphatic carbocycles. The smallest absolute Gasteiger partial charge is 0.328 e. The Morgan fingerprint density at radius 3 is 1.00 bits per heavy atom. The van der Waals surface area contributed by atoms with Crippen LogP contribution in [0.4, 0.5) is 0 Å². The van der Waals surface area contributed by atoms with Gasteiger partial charge in [-0.25, -0.2) is 14.4 Å². The molecule has 0 unspecified atom stereocenters. The summed E-state index contributed by atoms with van der Waals surface area (Å²) in [5.74, 6) is -5.63. The van der Waals surface area contributed by atoms with Gasteiger partial charge in [0.05, 0.1) is 0 Å². The maximum Gasteiger partial charge on any atom is 0.328 e. The molecule has 0 aliphatic rings. The van der Waals surface area contributed by atoms with E-state index in [4.69, 9.17) is 15.3 Å². The molecule has 0 aliphatic heterocycles. The van der Waals surface area contributed by atoms with Crippen LogP contribution in [-0.4, -0.2) is 95.1 Å². The van der Waals surface area contributed by atoms with Crippen molar-refractivity contribution in [2.45, 2.75) is 0 Å². The average Bonchev–Trinajstić information content (AvgIpc) is 2.68. The first-order valence-electron chi connectivity index (χ1n) is 8.89. The number of hydrogen-bond donors (Lipinski definition) is 6. The quantitative estimate of drug-likeness (QED) is 0.148. The number of amides is 3. The van der Waals surface area contributed by atoms with Crippen molar-refractivity contribution in [2.24, 2.45) is 0 Å². The number of carbonyl (C=O) groups excluding carboxylic acids is 3. The lowest BCUT2D eigenvalue weighted by molar-refractivity contribution is -0.132. The zero-order valence-electron chi connectivity index (χ0n) is 16.4. The average molecular weight is 440 g/mol. The molecule has 0 aromatic heterocycles. The Balaban J connectivity index is 4.58. The van der Waals surface area contributed by atoms with Gasteiger partial charge in [0.1, 0.15) is 0 Å². The predicted molar refractivity (Wildman–Crippen MR) is 106 cm³/mol. The van der Waals surface area contributed by atoms with Crippen LogP contribution in [0.25, 0.3) is 0 Å². The van der Waals surface area contributed by atoms with Crippen molar-refractivity contribution < 1.29 is 44.1 Å². The summed E-state index contributed by atoms with van der Waals surface area (Å²) in [6.07, 6.45) is 4.64. The van der Waals surface area contributed by atoms with Crippen LogP contribution in [0.15, 0.2) is 36.5 Å². The van der Waals surface area contributed by atoms with Crippen molar-refractivity contribution >= 4 is 35.6 Å². The fourth-order valence-electron chi connectivity index (χ4n) is 1.96. The summed E-state index contributed by atoms with van der Waals surface area (Å²) in [5, 5.41) is 32.9. The second-order valence-corrected chi connectivity index (χ2v) is 5.73. The van der Waals surface area contributed by atoms with Gasteiger partial charge < -0.3 is 31.3 Å². The highest BCUT2D eigenvalue weighted by molar-refractivity contribution is 5.94. The topological polar surface area (TPSA) is 202 Å². The van der Waals surface area contributed by atoms with Crippen molar-refractivity contribution in [1.29, 1.82) is 0 Å². The van der Waals surface area contributed by atoms with Crippen molar-refractivity contribution in [1.82, 2.24) is 20.9 Å². The van der Waals surface area contributed by atoms with E-state index in [0.29, 0.717) is 18.2 Å². The maximum absolute atomic E-state index is 11.5. The minimum atomic E-state index is -1.27. The molecule has 0 bridgehead atoms. The molecular formula is C18H24N4O9. The molecule has 170 valence electrons. The van der Waals surface area contributed by atoms with Crippen LogP contribution >= 0.6 is 0 Å². The summed E-state index contributed by atoms with van der Waals surface area (Å²) in [6, 6.07) is 0. The van der Waals surface area contributed by atoms with Crippen LogP contribution in [0.2, 0.25) is 0 Å². The Kier molecular flexibility index (Phi) is 13.8. The van der Waals surface area contributed by atoms with E-state index in [1.165, 1.54) is 0 Å². The Morgan fingerprint density at radius 2 is 0.774 bits per heavy atom. The summed E-state index contributed by atoms with van der Waals surface area (Å²) in [5.41, 5.74) is 0. The van der Waals surface area contributed by atoms with Gasteiger partial charge in [0, 0.05) is 75.7 Å². The lowest BCUT2D eigenvalue weighted by Crippen LogP contribution is -2.42. The lowest BCUT2D eigenvalue weighted by atomic mass is 10.4. The molecule has 0 atom stereocenters. The number of carbonyl (C=O) groups is 6. The molecule has 0 heterocycles. The van der Waals surface area contributed by atoms with Crippen LogP contribution in [0.5, 0.6) is 0 Å². The number of nitrogens with one attached hydrogen (secondary N) is 3. The van der Waals surface area contributed by atoms with Gasteiger partial charge in [0.25, 0.3) is 0 Å². The van der Waals surface area contributed by atoms with Gasteiger partial charge in [-0.1, -0.05) is 0 Å². The van der Waals surface area contributed by atoms with E-state index in [1.807, 2.05) is 0 Å². The Morgan fingerprint density at radius 1 is 0.516 bits per heavy atom. The molecule has 13 nitrogen and oxygen atoms in total. The summed E-state index contributed by atoms with van der Waals surface area (Å²) >= 11 is 0. The first-order valence-corrected chi connectivity index (χ1v) is 8.89. The third-order valence-corrected chi connectivity index (χ3v) is 3.31. The molecule has 0 aromatic carbocycles. The highest BCUT2D eigenvalue weighted by Gasteiger charge is 2.07. The first-order chi connectivity index (χ1) is 14.6. The van der Waals surface area contributed by atoms with Gasteiger partial charge in [-0.3, -0.25) is 19.3 Å². The monoisotopic (exact) mass is 440 g/mol. The molecule has 0 saturated heterocycles. The Bertz CT molecular complexity index is 659. The molecule has 6 N–H and O–H groups in total. The number of hydrogen-bond acceptors (Lipinski definition) is 7. The molecule has 0 aromatic rings. The van der Waals surface area contributed by atoms with Crippen LogP contribution < -0.4 is 16.0 Å². The van der Waals surface area contributed by atoms with Crippen molar-refractivity contribution in [2.75, 3.05) is 39.3 Å². The van der Waals surface area contributed by atoms with E-state index >= 15 is 0 Å². The fourth-order valence-corrected chi connectivity index (χ4v) is 1.96.